The van der Waals surface area contributed by atoms with E-state index >= 15 is 0 Å². The number of hydrogen-bond donors (Lipinski definition) is 1. The molecular formula is C14H13N5. The Morgan fingerprint density at radius 1 is 1.11 bits per heavy atom. The third-order valence-corrected chi connectivity index (χ3v) is 2.74. The van der Waals surface area contributed by atoms with E-state index in [1.165, 1.54) is 0 Å². The van der Waals surface area contributed by atoms with Crippen LogP contribution in [-0.4, -0.2) is 19.5 Å². The predicted octanol–water partition coefficient (Wildman–Crippen LogP) is 2.27. The van der Waals surface area contributed by atoms with Gasteiger partial charge in [-0.1, -0.05) is 6.07 Å². The first kappa shape index (κ1) is 11.4. The molecule has 0 aliphatic carbocycles. The van der Waals surface area contributed by atoms with Gasteiger partial charge in [0, 0.05) is 36.2 Å². The lowest BCUT2D eigenvalue weighted by Gasteiger charge is -2.08. The van der Waals surface area contributed by atoms with Crippen molar-refractivity contribution in [1.82, 2.24) is 19.5 Å². The molecule has 1 N–H and O–H groups in total. The Bertz CT molecular complexity index is 634. The van der Waals surface area contributed by atoms with E-state index in [2.05, 4.69) is 26.3 Å². The van der Waals surface area contributed by atoms with Crippen LogP contribution in [0, 0.1) is 0 Å². The van der Waals surface area contributed by atoms with Crippen molar-refractivity contribution in [3.05, 3.63) is 67.3 Å². The summed E-state index contributed by atoms with van der Waals surface area (Å²) in [7, 11) is 0. The second-order valence-electron chi connectivity index (χ2n) is 4.07. The van der Waals surface area contributed by atoms with Gasteiger partial charge < -0.3 is 9.88 Å². The number of imidazole rings is 1. The van der Waals surface area contributed by atoms with Gasteiger partial charge in [-0.05, 0) is 18.2 Å². The summed E-state index contributed by atoms with van der Waals surface area (Å²) in [5, 5.41) is 3.33. The highest BCUT2D eigenvalue weighted by molar-refractivity contribution is 5.51. The third kappa shape index (κ3) is 2.77. The van der Waals surface area contributed by atoms with Crippen molar-refractivity contribution in [2.45, 2.75) is 6.54 Å². The Morgan fingerprint density at radius 3 is 2.89 bits per heavy atom. The maximum atomic E-state index is 4.23. The second kappa shape index (κ2) is 5.30. The van der Waals surface area contributed by atoms with Gasteiger partial charge >= 0.3 is 0 Å². The molecule has 0 fully saturated rings. The van der Waals surface area contributed by atoms with Crippen LogP contribution in [0.2, 0.25) is 0 Å². The van der Waals surface area contributed by atoms with Crippen molar-refractivity contribution >= 4 is 5.69 Å². The van der Waals surface area contributed by atoms with Gasteiger partial charge in [-0.15, -0.1) is 0 Å². The van der Waals surface area contributed by atoms with Crippen molar-refractivity contribution in [3.63, 3.8) is 0 Å². The molecule has 0 aliphatic heterocycles. The Morgan fingerprint density at radius 2 is 2.11 bits per heavy atom. The summed E-state index contributed by atoms with van der Waals surface area (Å²) >= 11 is 0. The van der Waals surface area contributed by atoms with Crippen molar-refractivity contribution < 1.29 is 0 Å². The molecule has 1 aromatic carbocycles. The van der Waals surface area contributed by atoms with Crippen LogP contribution in [0.1, 0.15) is 5.69 Å². The molecule has 0 amide bonds. The van der Waals surface area contributed by atoms with Gasteiger partial charge in [0.15, 0.2) is 0 Å². The summed E-state index contributed by atoms with van der Waals surface area (Å²) in [6, 6.07) is 8.14. The largest absolute Gasteiger partial charge is 0.379 e. The standard InChI is InChI=1S/C14H13N5/c1-2-12(18-10-13-9-15-4-5-17-13)8-14(3-1)19-7-6-16-11-19/h1-9,11,18H,10H2. The number of aromatic nitrogens is 4. The van der Waals surface area contributed by atoms with Gasteiger partial charge in [0.05, 0.1) is 24.8 Å². The number of anilines is 1. The minimum atomic E-state index is 0.654. The third-order valence-electron chi connectivity index (χ3n) is 2.74. The SMILES string of the molecule is c1cc(NCc2cnccn2)cc(-n2ccnc2)c1. The molecule has 0 atom stereocenters. The molecule has 5 nitrogen and oxygen atoms in total. The van der Waals surface area contributed by atoms with Gasteiger partial charge in [0.25, 0.3) is 0 Å². The number of nitrogens with zero attached hydrogens (tertiary/aromatic N) is 4. The van der Waals surface area contributed by atoms with E-state index in [1.54, 1.807) is 31.1 Å². The second-order valence-corrected chi connectivity index (χ2v) is 4.07. The fourth-order valence-electron chi connectivity index (χ4n) is 1.80. The first-order valence-corrected chi connectivity index (χ1v) is 5.99. The number of hydrogen-bond acceptors (Lipinski definition) is 4. The van der Waals surface area contributed by atoms with Crippen molar-refractivity contribution in [2.75, 3.05) is 5.32 Å². The van der Waals surface area contributed by atoms with E-state index in [1.807, 2.05) is 29.0 Å². The Labute approximate surface area is 111 Å². The number of benzene rings is 1. The van der Waals surface area contributed by atoms with Crippen LogP contribution in [0.4, 0.5) is 5.69 Å². The summed E-state index contributed by atoms with van der Waals surface area (Å²) in [6.45, 7) is 0.654. The van der Waals surface area contributed by atoms with Gasteiger partial charge in [-0.25, -0.2) is 4.98 Å². The summed E-state index contributed by atoms with van der Waals surface area (Å²) in [6.07, 6.45) is 10.6. The molecule has 0 aliphatic rings. The molecule has 2 aromatic heterocycles. The Kier molecular flexibility index (Phi) is 3.18. The maximum Gasteiger partial charge on any atom is 0.0991 e. The number of rotatable bonds is 4. The Hall–Kier alpha value is -2.69. The predicted molar refractivity (Wildman–Crippen MR) is 72.9 cm³/mol. The summed E-state index contributed by atoms with van der Waals surface area (Å²) in [5.74, 6) is 0. The summed E-state index contributed by atoms with van der Waals surface area (Å²) < 4.78 is 1.97. The molecule has 0 bridgehead atoms. The van der Waals surface area contributed by atoms with E-state index < -0.39 is 0 Å². The molecule has 0 unspecified atom stereocenters. The van der Waals surface area contributed by atoms with Crippen LogP contribution in [0.5, 0.6) is 0 Å². The van der Waals surface area contributed by atoms with Crippen molar-refractivity contribution in [1.29, 1.82) is 0 Å². The quantitative estimate of drug-likeness (QED) is 0.773. The smallest absolute Gasteiger partial charge is 0.0991 e. The van der Waals surface area contributed by atoms with Crippen LogP contribution >= 0.6 is 0 Å². The van der Waals surface area contributed by atoms with Crippen LogP contribution in [0.25, 0.3) is 5.69 Å². The molecule has 3 aromatic rings. The van der Waals surface area contributed by atoms with E-state index in [4.69, 9.17) is 0 Å². The van der Waals surface area contributed by atoms with Crippen molar-refractivity contribution in [2.24, 2.45) is 0 Å². The van der Waals surface area contributed by atoms with Crippen LogP contribution < -0.4 is 5.32 Å². The lowest BCUT2D eigenvalue weighted by atomic mass is 10.2. The molecule has 0 saturated carbocycles. The fraction of sp³-hybridized carbons (Fsp3) is 0.0714. The zero-order valence-corrected chi connectivity index (χ0v) is 10.3. The summed E-state index contributed by atoms with van der Waals surface area (Å²) in [5.41, 5.74) is 3.02. The fourth-order valence-corrected chi connectivity index (χ4v) is 1.80. The highest BCUT2D eigenvalue weighted by Gasteiger charge is 1.98. The molecule has 19 heavy (non-hydrogen) atoms. The minimum Gasteiger partial charge on any atom is -0.379 e. The lowest BCUT2D eigenvalue weighted by molar-refractivity contribution is 1.00. The normalized spacial score (nSPS) is 10.3. The zero-order valence-electron chi connectivity index (χ0n) is 10.3. The lowest BCUT2D eigenvalue weighted by Crippen LogP contribution is -2.02. The van der Waals surface area contributed by atoms with E-state index in [-0.39, 0.29) is 0 Å². The first-order chi connectivity index (χ1) is 9.42. The van der Waals surface area contributed by atoms with Crippen molar-refractivity contribution in [3.8, 4) is 5.69 Å². The van der Waals surface area contributed by atoms with E-state index in [0.29, 0.717) is 6.54 Å². The van der Waals surface area contributed by atoms with Crippen LogP contribution in [0.15, 0.2) is 61.6 Å². The highest BCUT2D eigenvalue weighted by Crippen LogP contribution is 2.14. The van der Waals surface area contributed by atoms with Gasteiger partial charge in [0.1, 0.15) is 0 Å². The average molecular weight is 251 g/mol. The van der Waals surface area contributed by atoms with E-state index in [0.717, 1.165) is 17.1 Å². The zero-order chi connectivity index (χ0) is 12.9. The molecular weight excluding hydrogens is 238 g/mol. The summed E-state index contributed by atoms with van der Waals surface area (Å²) in [4.78, 5) is 12.3. The number of nitrogens with one attached hydrogen (secondary N) is 1. The molecule has 94 valence electrons. The molecule has 0 saturated heterocycles. The maximum absolute atomic E-state index is 4.23. The first-order valence-electron chi connectivity index (χ1n) is 5.99. The van der Waals surface area contributed by atoms with Gasteiger partial charge in [0.2, 0.25) is 0 Å². The average Bonchev–Trinajstić information content (AvgIpc) is 3.01. The molecule has 0 spiro atoms. The van der Waals surface area contributed by atoms with Gasteiger partial charge in [-0.3, -0.25) is 9.97 Å². The van der Waals surface area contributed by atoms with E-state index in [9.17, 15) is 0 Å². The molecule has 2 heterocycles. The topological polar surface area (TPSA) is 55.6 Å². The molecule has 5 heteroatoms. The Balaban J connectivity index is 1.74. The molecule has 3 rings (SSSR count). The van der Waals surface area contributed by atoms with Crippen LogP contribution in [-0.2, 0) is 6.54 Å². The van der Waals surface area contributed by atoms with Crippen LogP contribution in [0.3, 0.4) is 0 Å². The molecule has 0 radical (unpaired) electrons. The monoisotopic (exact) mass is 251 g/mol. The van der Waals surface area contributed by atoms with Gasteiger partial charge in [-0.2, -0.15) is 0 Å². The highest BCUT2D eigenvalue weighted by atomic mass is 15.0. The minimum absolute atomic E-state index is 0.654.